The lowest BCUT2D eigenvalue weighted by Crippen LogP contribution is -2.36. The maximum Gasteiger partial charge on any atom is 0.338 e. The number of benzene rings is 2. The number of halogens is 2. The van der Waals surface area contributed by atoms with Crippen molar-refractivity contribution >= 4 is 45.2 Å². The Kier molecular flexibility index (Phi) is 4.75. The summed E-state index contributed by atoms with van der Waals surface area (Å²) in [7, 11) is 0. The molecular weight excluding hydrogens is 423 g/mol. The number of carboxylic acid groups (broad SMARTS) is 1. The van der Waals surface area contributed by atoms with Crippen molar-refractivity contribution in [1.29, 1.82) is 0 Å². The predicted octanol–water partition coefficient (Wildman–Crippen LogP) is 4.21. The van der Waals surface area contributed by atoms with Gasteiger partial charge >= 0.3 is 5.97 Å². The van der Waals surface area contributed by atoms with Crippen LogP contribution in [0.5, 0.6) is 0 Å². The number of carboxylic acids is 1. The molecule has 2 aromatic carbocycles. The van der Waals surface area contributed by atoms with Crippen LogP contribution in [0, 0.1) is 12.7 Å². The minimum atomic E-state index is -1.06. The molecule has 0 radical (unpaired) electrons. The summed E-state index contributed by atoms with van der Waals surface area (Å²) >= 11 is 6.43. The third-order valence-corrected chi connectivity index (χ3v) is 5.85. The summed E-state index contributed by atoms with van der Waals surface area (Å²) in [4.78, 5) is 22.8. The molecule has 0 unspecified atom stereocenters. The van der Waals surface area contributed by atoms with Crippen LogP contribution >= 0.6 is 11.6 Å². The average molecular weight is 441 g/mol. The number of carbonyl (C=O) groups is 1. The number of hydrogen-bond donors (Lipinski definition) is 1. The van der Waals surface area contributed by atoms with Gasteiger partial charge in [0.1, 0.15) is 22.7 Å². The number of pyridine rings is 1. The predicted molar refractivity (Wildman–Crippen MR) is 116 cm³/mol. The molecule has 2 aromatic heterocycles. The van der Waals surface area contributed by atoms with Gasteiger partial charge in [0, 0.05) is 30.4 Å². The van der Waals surface area contributed by atoms with Gasteiger partial charge in [-0.15, -0.1) is 0 Å². The first-order chi connectivity index (χ1) is 15.0. The Labute approximate surface area is 181 Å². The van der Waals surface area contributed by atoms with E-state index in [-0.39, 0.29) is 11.1 Å². The van der Waals surface area contributed by atoms with Gasteiger partial charge in [0.05, 0.1) is 35.0 Å². The average Bonchev–Trinajstić information content (AvgIpc) is 3.11. The van der Waals surface area contributed by atoms with Crippen LogP contribution in [0.15, 0.2) is 36.5 Å². The van der Waals surface area contributed by atoms with Crippen molar-refractivity contribution < 1.29 is 19.0 Å². The maximum atomic E-state index is 14.4. The van der Waals surface area contributed by atoms with Crippen LogP contribution in [0.1, 0.15) is 16.2 Å². The Morgan fingerprint density at radius 1 is 1.19 bits per heavy atom. The first kappa shape index (κ1) is 19.7. The van der Waals surface area contributed by atoms with Gasteiger partial charge in [-0.05, 0) is 37.3 Å². The van der Waals surface area contributed by atoms with E-state index in [0.717, 1.165) is 5.69 Å². The van der Waals surface area contributed by atoms with Gasteiger partial charge in [0.2, 0.25) is 0 Å². The molecular formula is C22H18ClFN4O3. The Morgan fingerprint density at radius 3 is 2.71 bits per heavy atom. The minimum absolute atomic E-state index is 0.108. The Balaban J connectivity index is 1.84. The summed E-state index contributed by atoms with van der Waals surface area (Å²) in [6.07, 6.45) is 1.51. The second kappa shape index (κ2) is 7.47. The summed E-state index contributed by atoms with van der Waals surface area (Å²) in [5.74, 6) is -0.985. The highest BCUT2D eigenvalue weighted by Crippen LogP contribution is 2.35. The second-order valence-electron chi connectivity index (χ2n) is 7.34. The normalized spacial score (nSPS) is 14.5. The minimum Gasteiger partial charge on any atom is -0.478 e. The van der Waals surface area contributed by atoms with Crippen LogP contribution in [-0.4, -0.2) is 51.9 Å². The van der Waals surface area contributed by atoms with Crippen molar-refractivity contribution in [3.05, 3.63) is 58.8 Å². The smallest absolute Gasteiger partial charge is 0.338 e. The zero-order valence-electron chi connectivity index (χ0n) is 16.6. The molecule has 0 saturated carbocycles. The van der Waals surface area contributed by atoms with Gasteiger partial charge < -0.3 is 14.7 Å². The number of rotatable bonds is 3. The number of hydrogen-bond acceptors (Lipinski definition) is 5. The third-order valence-electron chi connectivity index (χ3n) is 5.53. The third kappa shape index (κ3) is 3.19. The van der Waals surface area contributed by atoms with Crippen LogP contribution in [-0.2, 0) is 4.74 Å². The van der Waals surface area contributed by atoms with Gasteiger partial charge in [-0.25, -0.2) is 14.2 Å². The maximum absolute atomic E-state index is 14.4. The summed E-state index contributed by atoms with van der Waals surface area (Å²) in [5, 5.41) is 10.7. The quantitative estimate of drug-likeness (QED) is 0.514. The van der Waals surface area contributed by atoms with E-state index in [9.17, 15) is 14.3 Å². The Morgan fingerprint density at radius 2 is 1.97 bits per heavy atom. The molecule has 0 amide bonds. The highest BCUT2D eigenvalue weighted by atomic mass is 35.5. The van der Waals surface area contributed by atoms with Crippen molar-refractivity contribution in [2.75, 3.05) is 31.2 Å². The Bertz CT molecular complexity index is 1350. The van der Waals surface area contributed by atoms with Crippen molar-refractivity contribution in [2.24, 2.45) is 0 Å². The lowest BCUT2D eigenvalue weighted by molar-refractivity contribution is 0.0699. The zero-order chi connectivity index (χ0) is 21.7. The number of aromatic carboxylic acids is 1. The summed E-state index contributed by atoms with van der Waals surface area (Å²) < 4.78 is 21.7. The molecule has 31 heavy (non-hydrogen) atoms. The highest BCUT2D eigenvalue weighted by molar-refractivity contribution is 6.36. The number of aromatic nitrogens is 3. The summed E-state index contributed by atoms with van der Waals surface area (Å²) in [6.45, 7) is 4.24. The van der Waals surface area contributed by atoms with Crippen LogP contribution in [0.2, 0.25) is 5.02 Å². The molecule has 0 atom stereocenters. The molecule has 9 heteroatoms. The van der Waals surface area contributed by atoms with E-state index >= 15 is 0 Å². The second-order valence-corrected chi connectivity index (χ2v) is 7.75. The molecule has 5 rings (SSSR count). The first-order valence-corrected chi connectivity index (χ1v) is 10.2. The monoisotopic (exact) mass is 440 g/mol. The Hall–Kier alpha value is -3.23. The molecule has 1 aliphatic rings. The van der Waals surface area contributed by atoms with Gasteiger partial charge in [-0.2, -0.15) is 0 Å². The van der Waals surface area contributed by atoms with E-state index in [0.29, 0.717) is 59.3 Å². The fraction of sp³-hybridized carbons (Fsp3) is 0.227. The molecule has 0 spiro atoms. The molecule has 1 saturated heterocycles. The fourth-order valence-electron chi connectivity index (χ4n) is 4.11. The van der Waals surface area contributed by atoms with E-state index in [2.05, 4.69) is 14.9 Å². The molecule has 1 N–H and O–H groups in total. The van der Waals surface area contributed by atoms with E-state index in [1.165, 1.54) is 18.3 Å². The number of ether oxygens (including phenoxy) is 1. The van der Waals surface area contributed by atoms with Gasteiger partial charge in [0.25, 0.3) is 0 Å². The van der Waals surface area contributed by atoms with E-state index in [1.807, 2.05) is 6.07 Å². The number of aryl methyl sites for hydroxylation is 1. The van der Waals surface area contributed by atoms with Gasteiger partial charge in [-0.1, -0.05) is 11.6 Å². The van der Waals surface area contributed by atoms with E-state index in [1.54, 1.807) is 23.6 Å². The molecule has 0 aliphatic carbocycles. The number of nitrogens with zero attached hydrogens (tertiary/aromatic N) is 4. The number of morpholine rings is 1. The van der Waals surface area contributed by atoms with Crippen molar-refractivity contribution in [3.63, 3.8) is 0 Å². The topological polar surface area (TPSA) is 80.5 Å². The molecule has 1 aliphatic heterocycles. The standard InChI is InChI=1S/C22H18ClFN4O3/c1-12-26-20-14(22(29)30)10-13(27-6-8-31-9-7-27)11-18(20)28(12)17-4-5-25-21-16(24)3-2-15(23)19(17)21/h2-5,10-11H,6-9H2,1H3,(H,29,30). The van der Waals surface area contributed by atoms with Crippen LogP contribution in [0.4, 0.5) is 10.1 Å². The number of fused-ring (bicyclic) bond motifs is 2. The lowest BCUT2D eigenvalue weighted by Gasteiger charge is -2.29. The molecule has 4 aromatic rings. The molecule has 3 heterocycles. The molecule has 1 fully saturated rings. The largest absolute Gasteiger partial charge is 0.478 e. The van der Waals surface area contributed by atoms with Crippen LogP contribution in [0.25, 0.3) is 27.6 Å². The lowest BCUT2D eigenvalue weighted by atomic mass is 10.1. The van der Waals surface area contributed by atoms with Crippen LogP contribution in [0.3, 0.4) is 0 Å². The molecule has 158 valence electrons. The number of anilines is 1. The van der Waals surface area contributed by atoms with Crippen molar-refractivity contribution in [3.8, 4) is 5.69 Å². The first-order valence-electron chi connectivity index (χ1n) is 9.78. The number of imidazole rings is 1. The van der Waals surface area contributed by atoms with Gasteiger partial charge in [-0.3, -0.25) is 9.55 Å². The fourth-order valence-corrected chi connectivity index (χ4v) is 4.36. The molecule has 7 nitrogen and oxygen atoms in total. The van der Waals surface area contributed by atoms with E-state index in [4.69, 9.17) is 16.3 Å². The van der Waals surface area contributed by atoms with Crippen LogP contribution < -0.4 is 4.90 Å². The van der Waals surface area contributed by atoms with E-state index < -0.39 is 11.8 Å². The van der Waals surface area contributed by atoms with Crippen molar-refractivity contribution in [1.82, 2.24) is 14.5 Å². The van der Waals surface area contributed by atoms with Crippen molar-refractivity contribution in [2.45, 2.75) is 6.92 Å². The zero-order valence-corrected chi connectivity index (χ0v) is 17.4. The molecule has 0 bridgehead atoms. The summed E-state index contributed by atoms with van der Waals surface area (Å²) in [6, 6.07) is 8.04. The summed E-state index contributed by atoms with van der Waals surface area (Å²) in [5.41, 5.74) is 2.58. The van der Waals surface area contributed by atoms with Gasteiger partial charge in [0.15, 0.2) is 0 Å². The SMILES string of the molecule is Cc1nc2c(C(=O)O)cc(N3CCOCC3)cc2n1-c1ccnc2c(F)ccc(Cl)c12. The highest BCUT2D eigenvalue weighted by Gasteiger charge is 2.23.